The van der Waals surface area contributed by atoms with Crippen molar-refractivity contribution in [2.75, 3.05) is 40.5 Å². The van der Waals surface area contributed by atoms with E-state index in [0.717, 1.165) is 5.56 Å². The number of nitrogens with zero attached hydrogens (tertiary/aromatic N) is 2. The fraction of sp³-hybridized carbons (Fsp3) is 0.600. The van der Waals surface area contributed by atoms with Crippen molar-refractivity contribution in [3.8, 4) is 0 Å². The van der Waals surface area contributed by atoms with Crippen LogP contribution in [0.4, 0.5) is 0 Å². The lowest BCUT2D eigenvalue weighted by Crippen LogP contribution is -2.46. The van der Waals surface area contributed by atoms with Crippen LogP contribution in [0.3, 0.4) is 0 Å². The number of hydrogen-bond donors (Lipinski definition) is 0. The monoisotopic (exact) mass is 362 g/mol. The quantitative estimate of drug-likeness (QED) is 0.675. The molecule has 0 unspecified atom stereocenters. The van der Waals surface area contributed by atoms with E-state index in [9.17, 15) is 9.59 Å². The summed E-state index contributed by atoms with van der Waals surface area (Å²) in [7, 11) is 3.24. The first-order chi connectivity index (χ1) is 12.5. The second-order valence-electron chi connectivity index (χ2n) is 6.86. The maximum absolute atomic E-state index is 13.1. The minimum absolute atomic E-state index is 0.00251. The molecule has 1 aromatic rings. The lowest BCUT2D eigenvalue weighted by atomic mass is 10.1. The van der Waals surface area contributed by atoms with Crippen LogP contribution in [0.1, 0.15) is 31.9 Å². The largest absolute Gasteiger partial charge is 0.383 e. The third-order valence-electron chi connectivity index (χ3n) is 5.02. The van der Waals surface area contributed by atoms with Crippen molar-refractivity contribution in [2.24, 2.45) is 5.92 Å². The SMILES string of the molecule is COCCN(C(=O)[C@@H]1CC(=O)N([C@@H](C)c2ccccc2)C1)[C@H](C)COC. The lowest BCUT2D eigenvalue weighted by Gasteiger charge is -2.31. The van der Waals surface area contributed by atoms with Gasteiger partial charge in [0.2, 0.25) is 11.8 Å². The third kappa shape index (κ3) is 4.83. The van der Waals surface area contributed by atoms with Gasteiger partial charge in [0.1, 0.15) is 0 Å². The first kappa shape index (κ1) is 20.4. The minimum Gasteiger partial charge on any atom is -0.383 e. The van der Waals surface area contributed by atoms with Gasteiger partial charge >= 0.3 is 0 Å². The molecular weight excluding hydrogens is 332 g/mol. The van der Waals surface area contributed by atoms with Crippen LogP contribution in [0.15, 0.2) is 30.3 Å². The van der Waals surface area contributed by atoms with E-state index < -0.39 is 0 Å². The highest BCUT2D eigenvalue weighted by molar-refractivity contribution is 5.89. The number of hydrogen-bond acceptors (Lipinski definition) is 4. The van der Waals surface area contributed by atoms with Crippen molar-refractivity contribution in [3.05, 3.63) is 35.9 Å². The summed E-state index contributed by atoms with van der Waals surface area (Å²) in [5.41, 5.74) is 1.08. The van der Waals surface area contributed by atoms with Gasteiger partial charge in [0, 0.05) is 33.7 Å². The average Bonchev–Trinajstić information content (AvgIpc) is 3.04. The Morgan fingerprint density at radius 2 is 1.92 bits per heavy atom. The molecular formula is C20H30N2O4. The molecule has 1 aliphatic rings. The molecule has 0 bridgehead atoms. The molecule has 0 aliphatic carbocycles. The van der Waals surface area contributed by atoms with Crippen LogP contribution in [-0.4, -0.2) is 68.2 Å². The zero-order chi connectivity index (χ0) is 19.1. The standard InChI is InChI=1S/C20H30N2O4/c1-15(14-26-4)21(10-11-25-3)20(24)18-12-19(23)22(13-18)16(2)17-8-6-5-7-9-17/h5-9,15-16,18H,10-14H2,1-4H3/t15-,16+,18-/m1/s1. The van der Waals surface area contributed by atoms with Crippen LogP contribution < -0.4 is 0 Å². The third-order valence-corrected chi connectivity index (χ3v) is 5.02. The highest BCUT2D eigenvalue weighted by atomic mass is 16.5. The van der Waals surface area contributed by atoms with Gasteiger partial charge in [0.25, 0.3) is 0 Å². The highest BCUT2D eigenvalue weighted by Gasteiger charge is 2.39. The van der Waals surface area contributed by atoms with Crippen LogP contribution in [0, 0.1) is 5.92 Å². The summed E-state index contributed by atoms with van der Waals surface area (Å²) in [6, 6.07) is 9.82. The van der Waals surface area contributed by atoms with E-state index in [2.05, 4.69) is 0 Å². The van der Waals surface area contributed by atoms with E-state index in [4.69, 9.17) is 9.47 Å². The summed E-state index contributed by atoms with van der Waals surface area (Å²) in [6.45, 7) is 5.84. The molecule has 0 saturated carbocycles. The Morgan fingerprint density at radius 1 is 1.23 bits per heavy atom. The Kier molecular flexibility index (Phi) is 7.60. The van der Waals surface area contributed by atoms with E-state index >= 15 is 0 Å². The average molecular weight is 362 g/mol. The van der Waals surface area contributed by atoms with Crippen molar-refractivity contribution in [1.82, 2.24) is 9.80 Å². The predicted octanol–water partition coefficient (Wildman–Crippen LogP) is 2.11. The van der Waals surface area contributed by atoms with E-state index in [-0.39, 0.29) is 36.2 Å². The molecule has 0 spiro atoms. The maximum Gasteiger partial charge on any atom is 0.228 e. The Labute approximate surface area is 156 Å². The first-order valence-electron chi connectivity index (χ1n) is 9.12. The molecule has 1 saturated heterocycles. The second kappa shape index (κ2) is 9.69. The smallest absolute Gasteiger partial charge is 0.228 e. The van der Waals surface area contributed by atoms with Gasteiger partial charge in [-0.3, -0.25) is 9.59 Å². The van der Waals surface area contributed by atoms with Gasteiger partial charge in [0.05, 0.1) is 31.2 Å². The normalized spacial score (nSPS) is 19.5. The van der Waals surface area contributed by atoms with Gasteiger partial charge in [-0.15, -0.1) is 0 Å². The van der Waals surface area contributed by atoms with Crippen molar-refractivity contribution < 1.29 is 19.1 Å². The molecule has 1 aromatic carbocycles. The van der Waals surface area contributed by atoms with Gasteiger partial charge in [-0.05, 0) is 19.4 Å². The molecule has 2 amide bonds. The zero-order valence-electron chi connectivity index (χ0n) is 16.2. The number of likely N-dealkylation sites (tertiary alicyclic amines) is 1. The molecule has 0 aromatic heterocycles. The topological polar surface area (TPSA) is 59.1 Å². The Hall–Kier alpha value is -1.92. The molecule has 1 aliphatic heterocycles. The molecule has 144 valence electrons. The van der Waals surface area contributed by atoms with Crippen molar-refractivity contribution in [2.45, 2.75) is 32.4 Å². The van der Waals surface area contributed by atoms with Crippen molar-refractivity contribution >= 4 is 11.8 Å². The highest BCUT2D eigenvalue weighted by Crippen LogP contribution is 2.29. The maximum atomic E-state index is 13.1. The second-order valence-corrected chi connectivity index (χ2v) is 6.86. The molecule has 0 radical (unpaired) electrons. The molecule has 6 heteroatoms. The number of methoxy groups -OCH3 is 2. The molecule has 6 nitrogen and oxygen atoms in total. The Morgan fingerprint density at radius 3 is 2.54 bits per heavy atom. The summed E-state index contributed by atoms with van der Waals surface area (Å²) in [6.07, 6.45) is 0.263. The number of amides is 2. The number of ether oxygens (including phenoxy) is 2. The van der Waals surface area contributed by atoms with Crippen molar-refractivity contribution in [1.29, 1.82) is 0 Å². The van der Waals surface area contributed by atoms with Crippen LogP contribution in [0.25, 0.3) is 0 Å². The predicted molar refractivity (Wildman–Crippen MR) is 99.6 cm³/mol. The number of carbonyl (C=O) groups is 2. The number of benzene rings is 1. The van der Waals surface area contributed by atoms with E-state index in [0.29, 0.717) is 26.3 Å². The van der Waals surface area contributed by atoms with E-state index in [1.165, 1.54) is 0 Å². The summed E-state index contributed by atoms with van der Waals surface area (Å²) >= 11 is 0. The van der Waals surface area contributed by atoms with Gasteiger partial charge in [-0.1, -0.05) is 30.3 Å². The van der Waals surface area contributed by atoms with Crippen LogP contribution >= 0.6 is 0 Å². The van der Waals surface area contributed by atoms with E-state index in [1.54, 1.807) is 19.1 Å². The first-order valence-corrected chi connectivity index (χ1v) is 9.12. The molecule has 1 fully saturated rings. The van der Waals surface area contributed by atoms with E-state index in [1.807, 2.05) is 49.1 Å². The molecule has 3 atom stereocenters. The van der Waals surface area contributed by atoms with Crippen molar-refractivity contribution in [3.63, 3.8) is 0 Å². The number of rotatable bonds is 9. The zero-order valence-corrected chi connectivity index (χ0v) is 16.2. The van der Waals surface area contributed by atoms with Gasteiger partial charge in [-0.25, -0.2) is 0 Å². The van der Waals surface area contributed by atoms with Gasteiger partial charge < -0.3 is 19.3 Å². The fourth-order valence-corrected chi connectivity index (χ4v) is 3.49. The molecule has 0 N–H and O–H groups in total. The van der Waals surface area contributed by atoms with Crippen LogP contribution in [0.5, 0.6) is 0 Å². The Bertz CT molecular complexity index is 593. The molecule has 2 rings (SSSR count). The molecule has 1 heterocycles. The fourth-order valence-electron chi connectivity index (χ4n) is 3.49. The summed E-state index contributed by atoms with van der Waals surface area (Å²) in [4.78, 5) is 29.2. The van der Waals surface area contributed by atoms with Crippen LogP contribution in [-0.2, 0) is 19.1 Å². The summed E-state index contributed by atoms with van der Waals surface area (Å²) in [5, 5.41) is 0. The minimum atomic E-state index is -0.315. The number of carbonyl (C=O) groups excluding carboxylic acids is 2. The summed E-state index contributed by atoms with van der Waals surface area (Å²) < 4.78 is 10.3. The Balaban J connectivity index is 2.08. The summed E-state index contributed by atoms with van der Waals surface area (Å²) in [5.74, 6) is -0.279. The van der Waals surface area contributed by atoms with Crippen LogP contribution in [0.2, 0.25) is 0 Å². The molecule has 26 heavy (non-hydrogen) atoms. The van der Waals surface area contributed by atoms with Gasteiger partial charge in [-0.2, -0.15) is 0 Å². The lowest BCUT2D eigenvalue weighted by molar-refractivity contribution is -0.139. The van der Waals surface area contributed by atoms with Gasteiger partial charge in [0.15, 0.2) is 0 Å².